The van der Waals surface area contributed by atoms with Gasteiger partial charge in [0.25, 0.3) is 5.89 Å². The highest BCUT2D eigenvalue weighted by atomic mass is 16.5. The van der Waals surface area contributed by atoms with Gasteiger partial charge < -0.3 is 24.0 Å². The second-order valence-electron chi connectivity index (χ2n) is 6.61. The van der Waals surface area contributed by atoms with Crippen LogP contribution in [0.1, 0.15) is 12.8 Å². The highest BCUT2D eigenvalue weighted by Crippen LogP contribution is 2.37. The molecule has 2 aromatic heterocycles. The molecule has 0 bridgehead atoms. The van der Waals surface area contributed by atoms with Gasteiger partial charge in [-0.15, -0.1) is 0 Å². The van der Waals surface area contributed by atoms with Crippen molar-refractivity contribution in [1.82, 2.24) is 15.1 Å². The van der Waals surface area contributed by atoms with E-state index in [0.717, 1.165) is 30.8 Å². The molecule has 3 aromatic rings. The molecule has 0 saturated carbocycles. The van der Waals surface area contributed by atoms with E-state index in [-0.39, 0.29) is 6.10 Å². The molecule has 1 atom stereocenters. The first-order chi connectivity index (χ1) is 13.7. The predicted molar refractivity (Wildman–Crippen MR) is 104 cm³/mol. The number of benzene rings is 1. The minimum atomic E-state index is -0.299. The lowest BCUT2D eigenvalue weighted by atomic mass is 10.1. The fraction of sp³-hybridized carbons (Fsp3) is 0.350. The molecule has 0 radical (unpaired) electrons. The van der Waals surface area contributed by atoms with Crippen LogP contribution < -0.4 is 14.4 Å². The van der Waals surface area contributed by atoms with E-state index in [2.05, 4.69) is 20.0 Å². The standard InChI is InChI=1S/C20H22N4O4/c1-26-16-7-3-6-15(18(16)27-2)19-22-20(28-23-19)13-8-9-17(21-11-13)24-10-4-5-14(25)12-24/h3,6-9,11,14,25H,4-5,10,12H2,1-2H3. The maximum absolute atomic E-state index is 9.84. The lowest BCUT2D eigenvalue weighted by Gasteiger charge is -2.30. The maximum Gasteiger partial charge on any atom is 0.259 e. The van der Waals surface area contributed by atoms with Crippen LogP contribution >= 0.6 is 0 Å². The van der Waals surface area contributed by atoms with Gasteiger partial charge in [-0.3, -0.25) is 0 Å². The van der Waals surface area contributed by atoms with Crippen molar-refractivity contribution in [3.8, 4) is 34.3 Å². The molecule has 1 aromatic carbocycles. The Balaban J connectivity index is 1.58. The van der Waals surface area contributed by atoms with Gasteiger partial charge >= 0.3 is 0 Å². The van der Waals surface area contributed by atoms with Gasteiger partial charge in [-0.25, -0.2) is 4.98 Å². The minimum absolute atomic E-state index is 0.299. The van der Waals surface area contributed by atoms with Crippen molar-refractivity contribution in [2.75, 3.05) is 32.2 Å². The summed E-state index contributed by atoms with van der Waals surface area (Å²) in [6.07, 6.45) is 3.20. The van der Waals surface area contributed by atoms with Crippen LogP contribution in [0.3, 0.4) is 0 Å². The Morgan fingerprint density at radius 1 is 1.18 bits per heavy atom. The molecule has 1 aliphatic rings. The summed E-state index contributed by atoms with van der Waals surface area (Å²) in [7, 11) is 3.15. The van der Waals surface area contributed by atoms with E-state index in [4.69, 9.17) is 14.0 Å². The van der Waals surface area contributed by atoms with Gasteiger partial charge in [0.1, 0.15) is 5.82 Å². The molecule has 1 saturated heterocycles. The number of rotatable bonds is 5. The quantitative estimate of drug-likeness (QED) is 0.720. The van der Waals surface area contributed by atoms with Crippen LogP contribution in [-0.2, 0) is 0 Å². The number of methoxy groups -OCH3 is 2. The lowest BCUT2D eigenvalue weighted by molar-refractivity contribution is 0.154. The Morgan fingerprint density at radius 3 is 2.79 bits per heavy atom. The molecule has 1 N–H and O–H groups in total. The van der Waals surface area contributed by atoms with Crippen molar-refractivity contribution < 1.29 is 19.1 Å². The summed E-state index contributed by atoms with van der Waals surface area (Å²) in [5.41, 5.74) is 1.41. The van der Waals surface area contributed by atoms with Crippen molar-refractivity contribution in [1.29, 1.82) is 0 Å². The van der Waals surface area contributed by atoms with Gasteiger partial charge in [-0.05, 0) is 37.1 Å². The molecule has 8 nitrogen and oxygen atoms in total. The first-order valence-electron chi connectivity index (χ1n) is 9.14. The van der Waals surface area contributed by atoms with E-state index < -0.39 is 0 Å². The highest BCUT2D eigenvalue weighted by molar-refractivity contribution is 5.69. The summed E-state index contributed by atoms with van der Waals surface area (Å²) in [6.45, 7) is 1.50. The molecule has 4 rings (SSSR count). The van der Waals surface area contributed by atoms with Crippen molar-refractivity contribution in [3.63, 3.8) is 0 Å². The van der Waals surface area contributed by atoms with Gasteiger partial charge in [0.05, 0.1) is 31.5 Å². The number of piperidine rings is 1. The third-order valence-corrected chi connectivity index (χ3v) is 4.79. The summed E-state index contributed by atoms with van der Waals surface area (Å²) in [6, 6.07) is 9.30. The number of nitrogens with zero attached hydrogens (tertiary/aromatic N) is 4. The molecule has 1 aliphatic heterocycles. The Bertz CT molecular complexity index is 942. The average Bonchev–Trinajstić information content (AvgIpc) is 3.23. The van der Waals surface area contributed by atoms with Crippen molar-refractivity contribution in [3.05, 3.63) is 36.5 Å². The topological polar surface area (TPSA) is 93.7 Å². The van der Waals surface area contributed by atoms with Crippen LogP contribution in [0.25, 0.3) is 22.8 Å². The zero-order chi connectivity index (χ0) is 19.5. The normalized spacial score (nSPS) is 16.8. The summed E-state index contributed by atoms with van der Waals surface area (Å²) < 4.78 is 16.2. The molecular formula is C20H22N4O4. The van der Waals surface area contributed by atoms with E-state index in [1.54, 1.807) is 20.4 Å². The molecule has 0 spiro atoms. The number of pyridine rings is 1. The molecule has 3 heterocycles. The summed E-state index contributed by atoms with van der Waals surface area (Å²) >= 11 is 0. The Morgan fingerprint density at radius 2 is 2.07 bits per heavy atom. The zero-order valence-electron chi connectivity index (χ0n) is 15.8. The van der Waals surface area contributed by atoms with Crippen LogP contribution in [0, 0.1) is 0 Å². The van der Waals surface area contributed by atoms with Gasteiger partial charge in [-0.2, -0.15) is 4.98 Å². The number of ether oxygens (including phenoxy) is 2. The Labute approximate surface area is 162 Å². The summed E-state index contributed by atoms with van der Waals surface area (Å²) in [4.78, 5) is 11.1. The van der Waals surface area contributed by atoms with Crippen molar-refractivity contribution in [2.45, 2.75) is 18.9 Å². The van der Waals surface area contributed by atoms with Crippen molar-refractivity contribution >= 4 is 5.82 Å². The molecule has 0 amide bonds. The Hall–Kier alpha value is -3.13. The molecule has 1 unspecified atom stereocenters. The monoisotopic (exact) mass is 382 g/mol. The lowest BCUT2D eigenvalue weighted by Crippen LogP contribution is -2.38. The number of aliphatic hydroxyl groups is 1. The fourth-order valence-corrected chi connectivity index (χ4v) is 3.38. The largest absolute Gasteiger partial charge is 0.493 e. The highest BCUT2D eigenvalue weighted by Gasteiger charge is 2.20. The van der Waals surface area contributed by atoms with E-state index in [1.165, 1.54) is 0 Å². The molecular weight excluding hydrogens is 360 g/mol. The van der Waals surface area contributed by atoms with Crippen LogP contribution in [0.4, 0.5) is 5.82 Å². The molecule has 8 heteroatoms. The van der Waals surface area contributed by atoms with Gasteiger partial charge in [0.15, 0.2) is 11.5 Å². The van der Waals surface area contributed by atoms with E-state index in [1.807, 2.05) is 30.3 Å². The SMILES string of the molecule is COc1cccc(-c2noc(-c3ccc(N4CCCC(O)C4)nc3)n2)c1OC. The minimum Gasteiger partial charge on any atom is -0.493 e. The van der Waals surface area contributed by atoms with Crippen molar-refractivity contribution in [2.24, 2.45) is 0 Å². The molecule has 0 aliphatic carbocycles. The van der Waals surface area contributed by atoms with E-state index in [9.17, 15) is 5.11 Å². The second kappa shape index (κ2) is 7.85. The second-order valence-corrected chi connectivity index (χ2v) is 6.61. The maximum atomic E-state index is 9.84. The van der Waals surface area contributed by atoms with E-state index >= 15 is 0 Å². The van der Waals surface area contributed by atoms with Crippen LogP contribution in [-0.4, -0.2) is 53.6 Å². The van der Waals surface area contributed by atoms with Crippen LogP contribution in [0.5, 0.6) is 11.5 Å². The Kier molecular flexibility index (Phi) is 5.12. The molecule has 28 heavy (non-hydrogen) atoms. The number of β-amino-alcohol motifs (C(OH)–C–C–N with tert-alkyl or cyclic N) is 1. The zero-order valence-corrected chi connectivity index (χ0v) is 15.8. The first-order valence-corrected chi connectivity index (χ1v) is 9.14. The summed E-state index contributed by atoms with van der Waals surface area (Å²) in [5.74, 6) is 2.76. The van der Waals surface area contributed by atoms with Gasteiger partial charge in [-0.1, -0.05) is 11.2 Å². The first kappa shape index (κ1) is 18.2. The third kappa shape index (κ3) is 3.50. The van der Waals surface area contributed by atoms with Crippen LogP contribution in [0.15, 0.2) is 41.1 Å². The van der Waals surface area contributed by atoms with Crippen LogP contribution in [0.2, 0.25) is 0 Å². The summed E-state index contributed by atoms with van der Waals surface area (Å²) in [5, 5.41) is 13.9. The molecule has 1 fully saturated rings. The van der Waals surface area contributed by atoms with E-state index in [0.29, 0.717) is 35.3 Å². The number of aliphatic hydroxyl groups excluding tert-OH is 1. The fourth-order valence-electron chi connectivity index (χ4n) is 3.38. The smallest absolute Gasteiger partial charge is 0.259 e. The average molecular weight is 382 g/mol. The number of hydrogen-bond donors (Lipinski definition) is 1. The predicted octanol–water partition coefficient (Wildman–Crippen LogP) is 2.78. The number of para-hydroxylation sites is 1. The third-order valence-electron chi connectivity index (χ3n) is 4.79. The molecule has 146 valence electrons. The van der Waals surface area contributed by atoms with Gasteiger partial charge in [0, 0.05) is 19.3 Å². The number of anilines is 1. The van der Waals surface area contributed by atoms with Gasteiger partial charge in [0.2, 0.25) is 5.82 Å². The number of hydrogen-bond acceptors (Lipinski definition) is 8. The number of aromatic nitrogens is 3.